The Morgan fingerprint density at radius 2 is 1.84 bits per heavy atom. The lowest BCUT2D eigenvalue weighted by molar-refractivity contribution is 0.0519. The summed E-state index contributed by atoms with van der Waals surface area (Å²) in [5.74, 6) is 1.30. The second-order valence-electron chi connectivity index (χ2n) is 7.03. The fourth-order valence-corrected chi connectivity index (χ4v) is 1.90. The molecule has 0 radical (unpaired) electrons. The van der Waals surface area contributed by atoms with Crippen LogP contribution in [0.2, 0.25) is 0 Å². The molecule has 19 heavy (non-hydrogen) atoms. The Kier molecular flexibility index (Phi) is 5.65. The Morgan fingerprint density at radius 1 is 1.26 bits per heavy atom. The van der Waals surface area contributed by atoms with Gasteiger partial charge in [0, 0.05) is 18.6 Å². The molecule has 0 aromatic carbocycles. The maximum Gasteiger partial charge on any atom is 0.407 e. The number of ether oxygens (including phenoxy) is 1. The lowest BCUT2D eigenvalue weighted by Crippen LogP contribution is -2.48. The van der Waals surface area contributed by atoms with Crippen LogP contribution in [0.4, 0.5) is 4.79 Å². The molecule has 0 heterocycles. The van der Waals surface area contributed by atoms with Crippen LogP contribution in [0, 0.1) is 11.8 Å². The summed E-state index contributed by atoms with van der Waals surface area (Å²) in [5, 5.41) is 6.51. The van der Waals surface area contributed by atoms with E-state index in [-0.39, 0.29) is 6.09 Å². The van der Waals surface area contributed by atoms with Crippen LogP contribution in [0.5, 0.6) is 0 Å². The van der Waals surface area contributed by atoms with Gasteiger partial charge in [-0.2, -0.15) is 0 Å². The molecule has 1 aliphatic carbocycles. The second-order valence-corrected chi connectivity index (χ2v) is 7.03. The molecule has 0 bridgehead atoms. The fraction of sp³-hybridized carbons (Fsp3) is 0.933. The van der Waals surface area contributed by atoms with Crippen molar-refractivity contribution in [3.8, 4) is 0 Å². The summed E-state index contributed by atoms with van der Waals surface area (Å²) in [4.78, 5) is 11.7. The highest BCUT2D eigenvalue weighted by atomic mass is 16.6. The molecule has 1 saturated carbocycles. The van der Waals surface area contributed by atoms with Crippen molar-refractivity contribution in [1.29, 1.82) is 0 Å². The highest BCUT2D eigenvalue weighted by Crippen LogP contribution is 2.32. The largest absolute Gasteiger partial charge is 0.444 e. The molecule has 2 N–H and O–H groups in total. The molecular weight excluding hydrogens is 240 g/mol. The molecule has 0 saturated heterocycles. The van der Waals surface area contributed by atoms with Crippen molar-refractivity contribution in [1.82, 2.24) is 10.6 Å². The third kappa shape index (κ3) is 6.81. The van der Waals surface area contributed by atoms with Crippen LogP contribution in [0.15, 0.2) is 0 Å². The minimum Gasteiger partial charge on any atom is -0.444 e. The first-order valence-corrected chi connectivity index (χ1v) is 7.42. The van der Waals surface area contributed by atoms with Crippen LogP contribution in [0.25, 0.3) is 0 Å². The van der Waals surface area contributed by atoms with Gasteiger partial charge in [-0.25, -0.2) is 4.79 Å². The predicted octanol–water partition coefficient (Wildman–Crippen LogP) is 2.92. The van der Waals surface area contributed by atoms with Gasteiger partial charge in [0.05, 0.1) is 0 Å². The van der Waals surface area contributed by atoms with Crippen molar-refractivity contribution < 1.29 is 9.53 Å². The van der Waals surface area contributed by atoms with Crippen molar-refractivity contribution >= 4 is 6.09 Å². The summed E-state index contributed by atoms with van der Waals surface area (Å²) in [5.41, 5.74) is -0.433. The van der Waals surface area contributed by atoms with Crippen LogP contribution in [-0.4, -0.2) is 30.3 Å². The standard InChI is InChI=1S/C15H30N2O2/c1-10(2)11(3)17-13(12-7-8-12)9-16-14(18)19-15(4,5)6/h10-13,17H,7-9H2,1-6H3,(H,16,18). The number of hydrogen-bond donors (Lipinski definition) is 2. The number of nitrogens with one attached hydrogen (secondary N) is 2. The number of rotatable bonds is 6. The van der Waals surface area contributed by atoms with E-state index in [4.69, 9.17) is 4.74 Å². The first-order valence-electron chi connectivity index (χ1n) is 7.42. The molecule has 4 heteroatoms. The predicted molar refractivity (Wildman–Crippen MR) is 78.2 cm³/mol. The van der Waals surface area contributed by atoms with E-state index in [9.17, 15) is 4.79 Å². The Bertz CT molecular complexity index is 293. The lowest BCUT2D eigenvalue weighted by Gasteiger charge is -2.27. The Hall–Kier alpha value is -0.770. The molecule has 2 atom stereocenters. The van der Waals surface area contributed by atoms with Crippen molar-refractivity contribution in [2.24, 2.45) is 11.8 Å². The Morgan fingerprint density at radius 3 is 2.26 bits per heavy atom. The number of carbonyl (C=O) groups is 1. The lowest BCUT2D eigenvalue weighted by atomic mass is 10.0. The van der Waals surface area contributed by atoms with Crippen LogP contribution >= 0.6 is 0 Å². The Balaban J connectivity index is 2.36. The van der Waals surface area contributed by atoms with Crippen LogP contribution in [0.3, 0.4) is 0 Å². The van der Waals surface area contributed by atoms with Gasteiger partial charge in [-0.15, -0.1) is 0 Å². The summed E-state index contributed by atoms with van der Waals surface area (Å²) >= 11 is 0. The smallest absolute Gasteiger partial charge is 0.407 e. The molecule has 1 fully saturated rings. The highest BCUT2D eigenvalue weighted by Gasteiger charge is 2.32. The number of carbonyl (C=O) groups excluding carboxylic acids is 1. The van der Waals surface area contributed by atoms with Gasteiger partial charge in [0.25, 0.3) is 0 Å². The number of amides is 1. The fourth-order valence-electron chi connectivity index (χ4n) is 1.90. The molecule has 0 aliphatic heterocycles. The van der Waals surface area contributed by atoms with E-state index in [0.29, 0.717) is 30.5 Å². The third-order valence-corrected chi connectivity index (χ3v) is 3.53. The average Bonchev–Trinajstić information content (AvgIpc) is 3.04. The number of alkyl carbamates (subject to hydrolysis) is 1. The molecule has 2 unspecified atom stereocenters. The summed E-state index contributed by atoms with van der Waals surface area (Å²) in [6.45, 7) is 12.9. The van der Waals surface area contributed by atoms with Gasteiger partial charge in [-0.3, -0.25) is 0 Å². The topological polar surface area (TPSA) is 50.4 Å². The second kappa shape index (κ2) is 6.60. The summed E-state index contributed by atoms with van der Waals surface area (Å²) in [6.07, 6.45) is 2.20. The van der Waals surface area contributed by atoms with Crippen molar-refractivity contribution in [3.63, 3.8) is 0 Å². The normalized spacial score (nSPS) is 19.1. The first kappa shape index (κ1) is 16.3. The molecule has 0 aromatic heterocycles. The SMILES string of the molecule is CC(C)C(C)NC(CNC(=O)OC(C)(C)C)C1CC1. The summed E-state index contributed by atoms with van der Waals surface area (Å²) < 4.78 is 5.26. The molecule has 1 rings (SSSR count). The Labute approximate surface area is 117 Å². The molecule has 112 valence electrons. The molecule has 0 aromatic rings. The zero-order valence-corrected chi connectivity index (χ0v) is 13.2. The number of hydrogen-bond acceptors (Lipinski definition) is 3. The van der Waals surface area contributed by atoms with Gasteiger partial charge in [-0.05, 0) is 52.4 Å². The van der Waals surface area contributed by atoms with Gasteiger partial charge < -0.3 is 15.4 Å². The first-order chi connectivity index (χ1) is 8.69. The van der Waals surface area contributed by atoms with Gasteiger partial charge >= 0.3 is 6.09 Å². The maximum atomic E-state index is 11.7. The van der Waals surface area contributed by atoms with Gasteiger partial charge in [0.1, 0.15) is 5.60 Å². The van der Waals surface area contributed by atoms with Crippen LogP contribution in [-0.2, 0) is 4.74 Å². The average molecular weight is 270 g/mol. The zero-order chi connectivity index (χ0) is 14.6. The van der Waals surface area contributed by atoms with E-state index >= 15 is 0 Å². The van der Waals surface area contributed by atoms with Crippen molar-refractivity contribution in [2.75, 3.05) is 6.54 Å². The molecular formula is C15H30N2O2. The summed E-state index contributed by atoms with van der Waals surface area (Å²) in [7, 11) is 0. The van der Waals surface area contributed by atoms with E-state index in [1.165, 1.54) is 12.8 Å². The van der Waals surface area contributed by atoms with E-state index in [2.05, 4.69) is 31.4 Å². The minimum atomic E-state index is -0.433. The van der Waals surface area contributed by atoms with Crippen LogP contribution < -0.4 is 10.6 Å². The highest BCUT2D eigenvalue weighted by molar-refractivity contribution is 5.67. The molecule has 0 spiro atoms. The van der Waals surface area contributed by atoms with Crippen molar-refractivity contribution in [2.45, 2.75) is 72.1 Å². The van der Waals surface area contributed by atoms with Crippen LogP contribution in [0.1, 0.15) is 54.4 Å². The monoisotopic (exact) mass is 270 g/mol. The zero-order valence-electron chi connectivity index (χ0n) is 13.2. The molecule has 4 nitrogen and oxygen atoms in total. The van der Waals surface area contributed by atoms with E-state index in [1.807, 2.05) is 20.8 Å². The molecule has 1 aliphatic rings. The van der Waals surface area contributed by atoms with Gasteiger partial charge in [-0.1, -0.05) is 13.8 Å². The van der Waals surface area contributed by atoms with Crippen molar-refractivity contribution in [3.05, 3.63) is 0 Å². The minimum absolute atomic E-state index is 0.322. The van der Waals surface area contributed by atoms with E-state index in [0.717, 1.165) is 0 Å². The van der Waals surface area contributed by atoms with Gasteiger partial charge in [0.2, 0.25) is 0 Å². The van der Waals surface area contributed by atoms with E-state index < -0.39 is 5.60 Å². The quantitative estimate of drug-likeness (QED) is 0.780. The van der Waals surface area contributed by atoms with Gasteiger partial charge in [0.15, 0.2) is 0 Å². The van der Waals surface area contributed by atoms with E-state index in [1.54, 1.807) is 0 Å². The maximum absolute atomic E-state index is 11.7. The third-order valence-electron chi connectivity index (χ3n) is 3.53. The summed E-state index contributed by atoms with van der Waals surface area (Å²) in [6, 6.07) is 0.830. The molecule has 1 amide bonds.